The maximum atomic E-state index is 10.6. The van der Waals surface area contributed by atoms with Gasteiger partial charge in [0.05, 0.1) is 11.9 Å². The summed E-state index contributed by atoms with van der Waals surface area (Å²) in [5, 5.41) is 36.7. The molecule has 1 saturated heterocycles. The standard InChI is InChI=1S/C16H38N6.C12H8O4.Cu.3H2O/c1-3-5-11-21-13-17-7-9-19-15-22(12-6-4-2)16-20-10-8-18-14-21;13-11(14)8-3-1-7-2-4-9(12(15)16)6-10(7)5-8;;;;/h17-20H,3-16H2,1-2H3;1-6H,(H,13,14)(H,15,16);;3*1H2/q;;+2;;;/p-2. The number of hydrogen-bond donors (Lipinski definition) is 4. The van der Waals surface area contributed by atoms with Crippen LogP contribution in [-0.2, 0) is 17.1 Å². The molecule has 2 aromatic rings. The summed E-state index contributed by atoms with van der Waals surface area (Å²) < 4.78 is 0. The van der Waals surface area contributed by atoms with Gasteiger partial charge in [0.25, 0.3) is 0 Å². The summed E-state index contributed by atoms with van der Waals surface area (Å²) in [6, 6.07) is 8.76. The van der Waals surface area contributed by atoms with E-state index in [0.29, 0.717) is 5.39 Å². The molecule has 1 aliphatic rings. The third-order valence-corrected chi connectivity index (χ3v) is 6.27. The van der Waals surface area contributed by atoms with Crippen LogP contribution < -0.4 is 31.5 Å². The van der Waals surface area contributed by atoms with Gasteiger partial charge in [-0.2, -0.15) is 0 Å². The van der Waals surface area contributed by atoms with Crippen LogP contribution in [0.1, 0.15) is 60.2 Å². The minimum absolute atomic E-state index is 0. The van der Waals surface area contributed by atoms with E-state index in [0.717, 1.165) is 58.2 Å². The van der Waals surface area contributed by atoms with Crippen molar-refractivity contribution in [3.05, 3.63) is 47.5 Å². The fourth-order valence-corrected chi connectivity index (χ4v) is 3.99. The molecule has 0 atom stereocenters. The monoisotopic (exact) mass is 645 g/mol. The van der Waals surface area contributed by atoms with E-state index in [1.807, 2.05) is 0 Å². The van der Waals surface area contributed by atoms with Gasteiger partial charge in [0, 0.05) is 65.9 Å². The summed E-state index contributed by atoms with van der Waals surface area (Å²) in [4.78, 5) is 26.2. The van der Waals surface area contributed by atoms with E-state index in [4.69, 9.17) is 0 Å². The van der Waals surface area contributed by atoms with Crippen molar-refractivity contribution in [1.82, 2.24) is 31.1 Å². The van der Waals surface area contributed by atoms with E-state index in [9.17, 15) is 19.8 Å². The molecule has 0 spiro atoms. The van der Waals surface area contributed by atoms with Gasteiger partial charge in [0.1, 0.15) is 0 Å². The van der Waals surface area contributed by atoms with Crippen molar-refractivity contribution in [3.63, 3.8) is 0 Å². The molecule has 13 nitrogen and oxygen atoms in total. The molecular formula is C28H50CuN6O7. The Labute approximate surface area is 259 Å². The molecule has 1 radical (unpaired) electrons. The zero-order chi connectivity index (χ0) is 27.6. The summed E-state index contributed by atoms with van der Waals surface area (Å²) in [7, 11) is 0. The largest absolute Gasteiger partial charge is 2.00 e. The van der Waals surface area contributed by atoms with Crippen LogP contribution in [0.25, 0.3) is 10.8 Å². The van der Waals surface area contributed by atoms with Gasteiger partial charge < -0.3 is 57.5 Å². The number of benzene rings is 2. The summed E-state index contributed by atoms with van der Waals surface area (Å²) >= 11 is 0. The average Bonchev–Trinajstić information content (AvgIpc) is 2.92. The van der Waals surface area contributed by atoms with Crippen molar-refractivity contribution < 1.29 is 53.3 Å². The van der Waals surface area contributed by atoms with E-state index in [1.54, 1.807) is 12.1 Å². The Balaban J connectivity index is -0.000000684. The molecule has 0 unspecified atom stereocenters. The van der Waals surface area contributed by atoms with Crippen LogP contribution in [0.5, 0.6) is 0 Å². The Morgan fingerprint density at radius 2 is 0.976 bits per heavy atom. The number of carbonyl (C=O) groups is 2. The van der Waals surface area contributed by atoms with Crippen molar-refractivity contribution in [2.45, 2.75) is 39.5 Å². The topological polar surface area (TPSA) is 229 Å². The predicted molar refractivity (Wildman–Crippen MR) is 158 cm³/mol. The van der Waals surface area contributed by atoms with Gasteiger partial charge in [-0.1, -0.05) is 51.0 Å². The first-order valence-corrected chi connectivity index (χ1v) is 13.7. The van der Waals surface area contributed by atoms with E-state index in [-0.39, 0.29) is 44.6 Å². The van der Waals surface area contributed by atoms with Crippen LogP contribution in [0.4, 0.5) is 0 Å². The molecule has 1 heterocycles. The number of nitrogens with zero attached hydrogens (tertiary/aromatic N) is 2. The molecule has 0 saturated carbocycles. The molecule has 14 heteroatoms. The van der Waals surface area contributed by atoms with Crippen molar-refractivity contribution in [3.8, 4) is 0 Å². The fourth-order valence-electron chi connectivity index (χ4n) is 3.99. The first-order chi connectivity index (χ1) is 18.4. The number of unbranched alkanes of at least 4 members (excludes halogenated alkanes) is 2. The van der Waals surface area contributed by atoms with Crippen molar-refractivity contribution in [2.24, 2.45) is 0 Å². The molecule has 1 aliphatic heterocycles. The minimum atomic E-state index is -1.29. The van der Waals surface area contributed by atoms with Crippen LogP contribution in [0, 0.1) is 0 Å². The molecule has 1 fully saturated rings. The second-order valence-electron chi connectivity index (χ2n) is 9.48. The second-order valence-corrected chi connectivity index (χ2v) is 9.48. The smallest absolute Gasteiger partial charge is 0.545 e. The third kappa shape index (κ3) is 17.7. The van der Waals surface area contributed by atoms with Gasteiger partial charge in [0.15, 0.2) is 0 Å². The number of nitrogens with one attached hydrogen (secondary N) is 4. The zero-order valence-electron chi connectivity index (χ0n) is 24.7. The van der Waals surface area contributed by atoms with E-state index in [1.165, 1.54) is 63.0 Å². The average molecular weight is 646 g/mol. The maximum absolute atomic E-state index is 10.6. The number of fused-ring (bicyclic) bond motifs is 1. The van der Waals surface area contributed by atoms with Gasteiger partial charge in [-0.15, -0.1) is 0 Å². The van der Waals surface area contributed by atoms with Gasteiger partial charge >= 0.3 is 17.1 Å². The molecule has 0 aromatic heterocycles. The number of hydrogen-bond acceptors (Lipinski definition) is 10. The Morgan fingerprint density at radius 1 is 0.643 bits per heavy atom. The van der Waals surface area contributed by atoms with Crippen LogP contribution in [0.2, 0.25) is 0 Å². The SMILES string of the molecule is CCCCN1CNCCNCN(CCCC)CNCCNC1.O.O.O.O=C([O-])c1ccc2ccc(C(=O)[O-])cc2c1.[Cu+2]. The van der Waals surface area contributed by atoms with E-state index < -0.39 is 11.9 Å². The van der Waals surface area contributed by atoms with Crippen molar-refractivity contribution >= 4 is 22.7 Å². The number of aromatic carboxylic acids is 2. The summed E-state index contributed by atoms with van der Waals surface area (Å²) in [6.45, 7) is 14.8. The first kappa shape index (κ1) is 44.2. The number of carbonyl (C=O) groups excluding carboxylic acids is 2. The molecule has 10 N–H and O–H groups in total. The molecule has 0 aliphatic carbocycles. The van der Waals surface area contributed by atoms with E-state index >= 15 is 0 Å². The van der Waals surface area contributed by atoms with Crippen LogP contribution in [0.3, 0.4) is 0 Å². The minimum Gasteiger partial charge on any atom is -0.545 e. The maximum Gasteiger partial charge on any atom is 2.00 e. The number of carboxylic acids is 2. The van der Waals surface area contributed by atoms with Crippen LogP contribution in [0.15, 0.2) is 36.4 Å². The van der Waals surface area contributed by atoms with Gasteiger partial charge in [0.2, 0.25) is 0 Å². The number of carboxylic acid groups (broad SMARTS) is 2. The van der Waals surface area contributed by atoms with Gasteiger partial charge in [-0.3, -0.25) is 9.80 Å². The first-order valence-electron chi connectivity index (χ1n) is 13.7. The molecule has 0 bridgehead atoms. The van der Waals surface area contributed by atoms with E-state index in [2.05, 4.69) is 44.9 Å². The van der Waals surface area contributed by atoms with Crippen molar-refractivity contribution in [1.29, 1.82) is 0 Å². The second kappa shape index (κ2) is 26.4. The molecule has 0 amide bonds. The predicted octanol–water partition coefficient (Wildman–Crippen LogP) is -2.52. The van der Waals surface area contributed by atoms with Crippen molar-refractivity contribution in [2.75, 3.05) is 65.9 Å². The summed E-state index contributed by atoms with van der Waals surface area (Å²) in [5.41, 5.74) is 0.0333. The molecule has 42 heavy (non-hydrogen) atoms. The van der Waals surface area contributed by atoms with Crippen LogP contribution >= 0.6 is 0 Å². The quantitative estimate of drug-likeness (QED) is 0.220. The zero-order valence-corrected chi connectivity index (χ0v) is 25.6. The normalized spacial score (nSPS) is 15.2. The van der Waals surface area contributed by atoms with Gasteiger partial charge in [-0.05, 0) is 46.9 Å². The summed E-state index contributed by atoms with van der Waals surface area (Å²) in [6.07, 6.45) is 5.05. The Morgan fingerprint density at radius 3 is 1.26 bits per heavy atom. The van der Waals surface area contributed by atoms with Crippen LogP contribution in [-0.4, -0.2) is 104 Å². The molecule has 245 valence electrons. The molecule has 2 aromatic carbocycles. The fraction of sp³-hybridized carbons (Fsp3) is 0.571. The third-order valence-electron chi connectivity index (χ3n) is 6.27. The molecule has 3 rings (SSSR count). The Kier molecular flexibility index (Phi) is 27.8. The number of rotatable bonds is 8. The Hall–Kier alpha value is -2.20. The Bertz CT molecular complexity index is 900. The van der Waals surface area contributed by atoms with Gasteiger partial charge in [-0.25, -0.2) is 0 Å². The molecular weight excluding hydrogens is 596 g/mol. The summed E-state index contributed by atoms with van der Waals surface area (Å²) in [5.74, 6) is -2.58.